The number of anilines is 1. The molecule has 0 amide bonds. The molecule has 0 unspecified atom stereocenters. The number of nitrogens with zero attached hydrogens (tertiary/aromatic N) is 1. The maximum Gasteiger partial charge on any atom is 0.328 e. The van der Waals surface area contributed by atoms with Crippen LogP contribution in [0.3, 0.4) is 0 Å². The van der Waals surface area contributed by atoms with Crippen LogP contribution in [0.1, 0.15) is 12.5 Å². The highest BCUT2D eigenvalue weighted by Gasteiger charge is 2.42. The van der Waals surface area contributed by atoms with Crippen LogP contribution in [0.4, 0.5) is 5.69 Å². The Morgan fingerprint density at radius 2 is 2.11 bits per heavy atom. The van der Waals surface area contributed by atoms with Crippen molar-refractivity contribution in [1.29, 1.82) is 0 Å². The van der Waals surface area contributed by atoms with Gasteiger partial charge in [-0.05, 0) is 6.42 Å². The van der Waals surface area contributed by atoms with E-state index in [1.165, 1.54) is 17.8 Å². The Bertz CT molecular complexity index is 566. The van der Waals surface area contributed by atoms with Crippen LogP contribution in [-0.4, -0.2) is 50.7 Å². The van der Waals surface area contributed by atoms with Gasteiger partial charge in [0, 0.05) is 25.8 Å². The molecule has 19 heavy (non-hydrogen) atoms. The summed E-state index contributed by atoms with van der Waals surface area (Å²) in [7, 11) is 1.54. The molecule has 0 radical (unpaired) electrons. The lowest BCUT2D eigenvalue weighted by atomic mass is 10.1. The Morgan fingerprint density at radius 1 is 1.42 bits per heavy atom. The molecule has 0 aliphatic heterocycles. The van der Waals surface area contributed by atoms with Gasteiger partial charge in [0.05, 0.1) is 12.1 Å². The normalized spacial score (nSPS) is 30.5. The summed E-state index contributed by atoms with van der Waals surface area (Å²) >= 11 is 0. The Hall–Kier alpha value is -1.64. The molecule has 0 aromatic carbocycles. The van der Waals surface area contributed by atoms with E-state index in [1.54, 1.807) is 0 Å². The van der Waals surface area contributed by atoms with Gasteiger partial charge in [-0.3, -0.25) is 14.3 Å². The van der Waals surface area contributed by atoms with Gasteiger partial charge in [0.15, 0.2) is 0 Å². The third kappa shape index (κ3) is 2.29. The van der Waals surface area contributed by atoms with E-state index in [2.05, 4.69) is 10.3 Å². The highest BCUT2D eigenvalue weighted by molar-refractivity contribution is 5.36. The quantitative estimate of drug-likeness (QED) is 0.426. The molecule has 1 aromatic rings. The van der Waals surface area contributed by atoms with Crippen LogP contribution in [0.15, 0.2) is 15.8 Å². The summed E-state index contributed by atoms with van der Waals surface area (Å²) in [6.07, 6.45) is -0.688. The molecule has 0 spiro atoms. The van der Waals surface area contributed by atoms with Crippen LogP contribution >= 0.6 is 0 Å². The van der Waals surface area contributed by atoms with E-state index in [4.69, 9.17) is 5.11 Å². The molecule has 106 valence electrons. The molecule has 0 bridgehead atoms. The number of aromatic amines is 1. The van der Waals surface area contributed by atoms with Crippen molar-refractivity contribution in [2.75, 3.05) is 19.0 Å². The molecular weight excluding hydrogens is 254 g/mol. The van der Waals surface area contributed by atoms with Gasteiger partial charge in [-0.15, -0.1) is 0 Å². The number of aromatic nitrogens is 2. The summed E-state index contributed by atoms with van der Waals surface area (Å²) in [5.41, 5.74) is -1.01. The van der Waals surface area contributed by atoms with E-state index in [-0.39, 0.29) is 18.7 Å². The largest absolute Gasteiger partial charge is 0.396 e. The summed E-state index contributed by atoms with van der Waals surface area (Å²) in [5.74, 6) is -0.489. The molecular formula is C11H17N3O5. The van der Waals surface area contributed by atoms with Crippen LogP contribution in [0.25, 0.3) is 0 Å². The first kappa shape index (κ1) is 13.8. The third-order valence-electron chi connectivity index (χ3n) is 3.60. The van der Waals surface area contributed by atoms with Crippen LogP contribution in [0, 0.1) is 5.92 Å². The standard InChI is InChI=1S/C11H17N3O5/c1-12-6-3-14(11(19)13-10(6)18)7-2-5(4-15)8(16)9(7)17/h3,5,7-9,12,15-17H,2,4H2,1H3,(H,13,18,19)/t5-,7-,8-,9+/m1/s1. The van der Waals surface area contributed by atoms with Crippen molar-refractivity contribution in [2.24, 2.45) is 5.92 Å². The van der Waals surface area contributed by atoms with E-state index in [0.29, 0.717) is 0 Å². The Morgan fingerprint density at radius 3 is 2.63 bits per heavy atom. The minimum absolute atomic E-state index is 0.189. The van der Waals surface area contributed by atoms with Gasteiger partial charge >= 0.3 is 5.69 Å². The summed E-state index contributed by atoms with van der Waals surface area (Å²) in [5, 5.41) is 31.4. The Balaban J connectivity index is 2.43. The zero-order valence-corrected chi connectivity index (χ0v) is 10.4. The minimum atomic E-state index is -1.16. The highest BCUT2D eigenvalue weighted by Crippen LogP contribution is 2.34. The molecule has 8 nitrogen and oxygen atoms in total. The fraction of sp³-hybridized carbons (Fsp3) is 0.636. The van der Waals surface area contributed by atoms with E-state index in [9.17, 15) is 19.8 Å². The maximum absolute atomic E-state index is 11.8. The monoisotopic (exact) mass is 271 g/mol. The zero-order valence-electron chi connectivity index (χ0n) is 10.4. The van der Waals surface area contributed by atoms with Gasteiger partial charge < -0.3 is 20.6 Å². The van der Waals surface area contributed by atoms with Gasteiger partial charge in [-0.2, -0.15) is 0 Å². The molecule has 1 fully saturated rings. The van der Waals surface area contributed by atoms with Crippen LogP contribution < -0.4 is 16.6 Å². The lowest BCUT2D eigenvalue weighted by molar-refractivity contribution is -0.00453. The topological polar surface area (TPSA) is 128 Å². The third-order valence-corrected chi connectivity index (χ3v) is 3.60. The number of hydrogen-bond donors (Lipinski definition) is 5. The second-order valence-electron chi connectivity index (χ2n) is 4.69. The first-order valence-electron chi connectivity index (χ1n) is 5.99. The number of hydrogen-bond acceptors (Lipinski definition) is 6. The molecule has 5 N–H and O–H groups in total. The fourth-order valence-corrected chi connectivity index (χ4v) is 2.47. The van der Waals surface area contributed by atoms with Crippen molar-refractivity contribution in [3.63, 3.8) is 0 Å². The second kappa shape index (κ2) is 5.16. The zero-order chi connectivity index (χ0) is 14.2. The van der Waals surface area contributed by atoms with Crippen LogP contribution in [0.5, 0.6) is 0 Å². The van der Waals surface area contributed by atoms with E-state index < -0.39 is 35.4 Å². The SMILES string of the molecule is CNc1cn([C@@H]2C[C@H](CO)[C@@H](O)[C@H]2O)c(=O)[nH]c1=O. The van der Waals surface area contributed by atoms with E-state index in [1.807, 2.05) is 0 Å². The molecule has 1 aliphatic rings. The number of aliphatic hydroxyl groups excluding tert-OH is 3. The van der Waals surface area contributed by atoms with Crippen molar-refractivity contribution in [3.05, 3.63) is 27.0 Å². The first-order chi connectivity index (χ1) is 8.99. The molecule has 1 heterocycles. The maximum atomic E-state index is 11.8. The Labute approximate surface area is 108 Å². The molecule has 4 atom stereocenters. The lowest BCUT2D eigenvalue weighted by Crippen LogP contribution is -2.37. The number of aliphatic hydroxyl groups is 3. The number of rotatable bonds is 3. The van der Waals surface area contributed by atoms with Crippen LogP contribution in [-0.2, 0) is 0 Å². The highest BCUT2D eigenvalue weighted by atomic mass is 16.3. The molecule has 1 saturated carbocycles. The minimum Gasteiger partial charge on any atom is -0.396 e. The summed E-state index contributed by atoms with van der Waals surface area (Å²) in [6.45, 7) is -0.272. The number of nitrogens with one attached hydrogen (secondary N) is 2. The van der Waals surface area contributed by atoms with Crippen molar-refractivity contribution >= 4 is 5.69 Å². The van der Waals surface area contributed by atoms with Gasteiger partial charge in [-0.25, -0.2) is 4.79 Å². The van der Waals surface area contributed by atoms with Crippen LogP contribution in [0.2, 0.25) is 0 Å². The van der Waals surface area contributed by atoms with Gasteiger partial charge in [0.2, 0.25) is 0 Å². The molecule has 0 saturated heterocycles. The Kier molecular flexibility index (Phi) is 3.74. The predicted octanol–water partition coefficient (Wildman–Crippen LogP) is -2.15. The van der Waals surface area contributed by atoms with Gasteiger partial charge in [0.1, 0.15) is 11.8 Å². The summed E-state index contributed by atoms with van der Waals surface area (Å²) < 4.78 is 1.18. The fourth-order valence-electron chi connectivity index (χ4n) is 2.47. The van der Waals surface area contributed by atoms with Crippen molar-refractivity contribution in [3.8, 4) is 0 Å². The smallest absolute Gasteiger partial charge is 0.328 e. The average Bonchev–Trinajstić information content (AvgIpc) is 2.67. The second-order valence-corrected chi connectivity index (χ2v) is 4.69. The summed E-state index contributed by atoms with van der Waals surface area (Å²) in [6, 6.07) is -0.677. The number of H-pyrrole nitrogens is 1. The lowest BCUT2D eigenvalue weighted by Gasteiger charge is -2.19. The molecule has 1 aromatic heterocycles. The average molecular weight is 271 g/mol. The molecule has 8 heteroatoms. The van der Waals surface area contributed by atoms with Gasteiger partial charge in [-0.1, -0.05) is 0 Å². The molecule has 1 aliphatic carbocycles. The molecule has 2 rings (SSSR count). The van der Waals surface area contributed by atoms with Gasteiger partial charge in [0.25, 0.3) is 5.56 Å². The van der Waals surface area contributed by atoms with Crippen molar-refractivity contribution < 1.29 is 15.3 Å². The summed E-state index contributed by atoms with van der Waals surface area (Å²) in [4.78, 5) is 25.3. The van der Waals surface area contributed by atoms with E-state index in [0.717, 1.165) is 0 Å². The predicted molar refractivity (Wildman–Crippen MR) is 67.1 cm³/mol. The first-order valence-corrected chi connectivity index (χ1v) is 5.99. The van der Waals surface area contributed by atoms with Crippen molar-refractivity contribution in [1.82, 2.24) is 9.55 Å². The van der Waals surface area contributed by atoms with Crippen molar-refractivity contribution in [2.45, 2.75) is 24.7 Å². The van der Waals surface area contributed by atoms with E-state index >= 15 is 0 Å².